The second-order valence-corrected chi connectivity index (χ2v) is 10.6. The average molecular weight is 583 g/mol. The van der Waals surface area contributed by atoms with E-state index in [1.165, 1.54) is 41.3 Å². The number of pyridine rings is 1. The molecule has 41 heavy (non-hydrogen) atoms. The minimum absolute atomic E-state index is 0.00152. The molecule has 15 heteroatoms. The van der Waals surface area contributed by atoms with E-state index < -0.39 is 44.9 Å². The van der Waals surface area contributed by atoms with Gasteiger partial charge in [-0.1, -0.05) is 12.1 Å². The number of rotatable bonds is 9. The number of carbonyl (C=O) groups excluding carboxylic acids is 1. The molecule has 5 N–H and O–H groups in total. The molecule has 0 bridgehead atoms. The molecule has 5 rings (SSSR count). The van der Waals surface area contributed by atoms with Crippen molar-refractivity contribution in [3.63, 3.8) is 0 Å². The van der Waals surface area contributed by atoms with Crippen LogP contribution in [-0.2, 0) is 14.8 Å². The summed E-state index contributed by atoms with van der Waals surface area (Å²) in [7, 11) is -4.36. The van der Waals surface area contributed by atoms with E-state index in [1.807, 2.05) is 4.72 Å². The lowest BCUT2D eigenvalue weighted by Gasteiger charge is -2.11. The molecular formula is C26H20F2N6O6S. The van der Waals surface area contributed by atoms with Crippen LogP contribution in [0.1, 0.15) is 21.6 Å². The standard InChI is InChI=1S/C26H20F2N6O6S/c1-13-6-23(40-22-5-3-2-4-16(22)27)30-11-21(13)34-26(29)15(10-31-34)25(37)20-8-14-7-17(28)19(9-18(14)32-20)33-41(38,39)12-24(35)36/h2-11,32-33H,12,29H2,1H3,(H,35,36). The molecule has 0 radical (unpaired) electrons. The van der Waals surface area contributed by atoms with Gasteiger partial charge in [0.2, 0.25) is 21.7 Å². The van der Waals surface area contributed by atoms with Gasteiger partial charge in [0, 0.05) is 17.0 Å². The number of nitrogen functional groups attached to an aromatic ring is 1. The number of nitrogens with zero attached hydrogens (tertiary/aromatic N) is 3. The first-order chi connectivity index (χ1) is 19.4. The van der Waals surface area contributed by atoms with Gasteiger partial charge in [0.25, 0.3) is 0 Å². The van der Waals surface area contributed by atoms with Crippen LogP contribution >= 0.6 is 0 Å². The first-order valence-corrected chi connectivity index (χ1v) is 13.4. The summed E-state index contributed by atoms with van der Waals surface area (Å²) in [6, 6.07) is 10.9. The van der Waals surface area contributed by atoms with Gasteiger partial charge >= 0.3 is 5.97 Å². The van der Waals surface area contributed by atoms with Gasteiger partial charge in [0.15, 0.2) is 17.3 Å². The number of carbonyl (C=O) groups is 2. The SMILES string of the molecule is Cc1cc(Oc2ccccc2F)ncc1-n1ncc(C(=O)c2cc3cc(F)c(NS(=O)(=O)CC(=O)O)cc3[nH]2)c1N. The van der Waals surface area contributed by atoms with Gasteiger partial charge in [-0.25, -0.2) is 26.9 Å². The Morgan fingerprint density at radius 1 is 1.12 bits per heavy atom. The molecule has 3 aromatic heterocycles. The molecule has 0 amide bonds. The molecule has 0 aliphatic rings. The number of halogens is 2. The van der Waals surface area contributed by atoms with Gasteiger partial charge in [-0.3, -0.25) is 14.3 Å². The summed E-state index contributed by atoms with van der Waals surface area (Å²) in [4.78, 5) is 31.0. The molecule has 0 aliphatic heterocycles. The van der Waals surface area contributed by atoms with Crippen molar-refractivity contribution in [2.45, 2.75) is 6.92 Å². The lowest BCUT2D eigenvalue weighted by Crippen LogP contribution is -2.22. The minimum Gasteiger partial charge on any atom is -0.480 e. The van der Waals surface area contributed by atoms with Crippen LogP contribution in [0.25, 0.3) is 16.6 Å². The van der Waals surface area contributed by atoms with E-state index in [1.54, 1.807) is 19.1 Å². The van der Waals surface area contributed by atoms with Crippen LogP contribution in [0.5, 0.6) is 11.6 Å². The van der Waals surface area contributed by atoms with Crippen molar-refractivity contribution in [2.24, 2.45) is 0 Å². The third-order valence-corrected chi connectivity index (χ3v) is 7.08. The summed E-state index contributed by atoms with van der Waals surface area (Å²) in [5.74, 6) is -4.85. The zero-order valence-corrected chi connectivity index (χ0v) is 21.9. The molecule has 0 atom stereocenters. The Morgan fingerprint density at radius 2 is 1.88 bits per heavy atom. The van der Waals surface area contributed by atoms with Gasteiger partial charge < -0.3 is 20.6 Å². The number of nitrogens with one attached hydrogen (secondary N) is 2. The van der Waals surface area contributed by atoms with E-state index in [4.69, 9.17) is 15.6 Å². The van der Waals surface area contributed by atoms with E-state index in [0.717, 1.165) is 12.1 Å². The number of H-pyrrole nitrogens is 1. The van der Waals surface area contributed by atoms with Crippen LogP contribution in [0, 0.1) is 18.6 Å². The highest BCUT2D eigenvalue weighted by molar-refractivity contribution is 7.93. The van der Waals surface area contributed by atoms with Crippen LogP contribution in [0.4, 0.5) is 20.3 Å². The molecule has 0 fully saturated rings. The number of aromatic nitrogens is 4. The molecule has 2 aromatic carbocycles. The van der Waals surface area contributed by atoms with Crippen LogP contribution in [-0.4, -0.2) is 50.8 Å². The number of ether oxygens (including phenoxy) is 1. The summed E-state index contributed by atoms with van der Waals surface area (Å²) >= 11 is 0. The van der Waals surface area contributed by atoms with Crippen LogP contribution in [0.3, 0.4) is 0 Å². The predicted molar refractivity (Wildman–Crippen MR) is 144 cm³/mol. The molecule has 0 saturated carbocycles. The number of para-hydroxylation sites is 1. The lowest BCUT2D eigenvalue weighted by atomic mass is 10.1. The molecule has 0 spiro atoms. The highest BCUT2D eigenvalue weighted by Gasteiger charge is 2.22. The maximum absolute atomic E-state index is 14.5. The molecule has 210 valence electrons. The van der Waals surface area contributed by atoms with Crippen molar-refractivity contribution in [1.82, 2.24) is 19.7 Å². The summed E-state index contributed by atoms with van der Waals surface area (Å²) in [5.41, 5.74) is 7.04. The fraction of sp³-hybridized carbons (Fsp3) is 0.0769. The van der Waals surface area contributed by atoms with E-state index >= 15 is 0 Å². The topological polar surface area (TPSA) is 182 Å². The number of aryl methyl sites for hydroxylation is 1. The molecule has 5 aromatic rings. The minimum atomic E-state index is -4.36. The molecule has 0 saturated heterocycles. The number of hydrogen-bond acceptors (Lipinski definition) is 8. The van der Waals surface area contributed by atoms with Crippen molar-refractivity contribution in [2.75, 3.05) is 16.2 Å². The summed E-state index contributed by atoms with van der Waals surface area (Å²) in [6.07, 6.45) is 2.65. The Balaban J connectivity index is 1.41. The number of nitrogens with two attached hydrogens (primary N) is 1. The highest BCUT2D eigenvalue weighted by atomic mass is 32.2. The average Bonchev–Trinajstić information content (AvgIpc) is 3.47. The van der Waals surface area contributed by atoms with Crippen molar-refractivity contribution in [1.29, 1.82) is 0 Å². The van der Waals surface area contributed by atoms with Crippen molar-refractivity contribution in [3.05, 3.63) is 89.4 Å². The van der Waals surface area contributed by atoms with Crippen molar-refractivity contribution in [3.8, 4) is 17.3 Å². The Hall–Kier alpha value is -5.31. The van der Waals surface area contributed by atoms with Gasteiger partial charge in [0.1, 0.15) is 11.6 Å². The number of aliphatic carboxylic acids is 1. The van der Waals surface area contributed by atoms with E-state index in [0.29, 0.717) is 11.3 Å². The number of fused-ring (bicyclic) bond motifs is 1. The van der Waals surface area contributed by atoms with Crippen molar-refractivity contribution >= 4 is 44.2 Å². The molecular weight excluding hydrogens is 562 g/mol. The number of ketones is 1. The third-order valence-electron chi connectivity index (χ3n) is 5.92. The fourth-order valence-corrected chi connectivity index (χ4v) is 4.92. The van der Waals surface area contributed by atoms with Gasteiger partial charge in [0.05, 0.1) is 35.0 Å². The Kier molecular flexibility index (Phi) is 6.88. The van der Waals surface area contributed by atoms with Crippen LogP contribution in [0.15, 0.2) is 60.9 Å². The Morgan fingerprint density at radius 3 is 2.59 bits per heavy atom. The number of carboxylic acids is 1. The van der Waals surface area contributed by atoms with E-state index in [9.17, 15) is 26.8 Å². The Labute approximate surface area is 230 Å². The quantitative estimate of drug-likeness (QED) is 0.188. The van der Waals surface area contributed by atoms with Gasteiger partial charge in [-0.2, -0.15) is 5.10 Å². The number of anilines is 2. The van der Waals surface area contributed by atoms with E-state index in [2.05, 4.69) is 15.1 Å². The number of carboxylic acid groups (broad SMARTS) is 1. The largest absolute Gasteiger partial charge is 0.480 e. The van der Waals surface area contributed by atoms with Crippen molar-refractivity contribution < 1.29 is 36.6 Å². The number of benzene rings is 2. The smallest absolute Gasteiger partial charge is 0.320 e. The first kappa shape index (κ1) is 27.3. The number of hydrogen-bond donors (Lipinski definition) is 4. The fourth-order valence-electron chi connectivity index (χ4n) is 4.03. The monoisotopic (exact) mass is 582 g/mol. The van der Waals surface area contributed by atoms with Gasteiger partial charge in [-0.15, -0.1) is 0 Å². The van der Waals surface area contributed by atoms with Crippen LogP contribution < -0.4 is 15.2 Å². The maximum Gasteiger partial charge on any atom is 0.320 e. The second kappa shape index (κ2) is 10.3. The molecule has 0 aliphatic carbocycles. The number of aromatic amines is 1. The van der Waals surface area contributed by atoms with E-state index in [-0.39, 0.29) is 39.6 Å². The maximum atomic E-state index is 14.5. The summed E-state index contributed by atoms with van der Waals surface area (Å²) in [5, 5.41) is 13.2. The van der Waals surface area contributed by atoms with Crippen LogP contribution in [0.2, 0.25) is 0 Å². The summed E-state index contributed by atoms with van der Waals surface area (Å²) in [6.45, 7) is 1.72. The zero-order chi connectivity index (χ0) is 29.5. The summed E-state index contributed by atoms with van der Waals surface area (Å²) < 4.78 is 61.0. The third kappa shape index (κ3) is 5.56. The first-order valence-electron chi connectivity index (χ1n) is 11.7. The predicted octanol–water partition coefficient (Wildman–Crippen LogP) is 3.77. The highest BCUT2D eigenvalue weighted by Crippen LogP contribution is 2.29. The normalized spacial score (nSPS) is 11.5. The Bertz CT molecular complexity index is 1950. The molecule has 3 heterocycles. The molecule has 0 unspecified atom stereocenters. The van der Waals surface area contributed by atoms with Gasteiger partial charge in [-0.05, 0) is 42.8 Å². The lowest BCUT2D eigenvalue weighted by molar-refractivity contribution is -0.134. The zero-order valence-electron chi connectivity index (χ0n) is 21.1. The second-order valence-electron chi connectivity index (χ2n) is 8.88. The number of sulfonamides is 1. The molecule has 12 nitrogen and oxygen atoms in total.